The van der Waals surface area contributed by atoms with Gasteiger partial charge in [0.05, 0.1) is 38.4 Å². The summed E-state index contributed by atoms with van der Waals surface area (Å²) in [5.74, 6) is 0.0195. The number of hydrogen-bond acceptors (Lipinski definition) is 5. The molecule has 0 aromatic carbocycles. The fraction of sp³-hybridized carbons (Fsp3) is 0.789. The predicted molar refractivity (Wildman–Crippen MR) is 99.2 cm³/mol. The van der Waals surface area contributed by atoms with Gasteiger partial charge in [-0.05, 0) is 12.8 Å². The Hall–Kier alpha value is -1.64. The normalized spacial score (nSPS) is 29.4. The molecule has 0 aromatic heterocycles. The number of carbonyl (C=O) groups excluding carboxylic acids is 2. The Morgan fingerprint density at radius 2 is 1.81 bits per heavy atom. The summed E-state index contributed by atoms with van der Waals surface area (Å²) in [6.07, 6.45) is 8.46. The van der Waals surface area contributed by atoms with Crippen LogP contribution in [0.15, 0.2) is 12.2 Å². The van der Waals surface area contributed by atoms with Crippen LogP contribution >= 0.6 is 0 Å². The number of aliphatic hydroxyl groups is 1. The Bertz CT molecular complexity index is 529. The molecule has 27 heavy (non-hydrogen) atoms. The van der Waals surface area contributed by atoms with Gasteiger partial charge in [-0.1, -0.05) is 31.4 Å². The fourth-order valence-corrected chi connectivity index (χ4v) is 3.88. The third-order valence-electron chi connectivity index (χ3n) is 5.44. The zero-order valence-electron chi connectivity index (χ0n) is 15.8. The number of amides is 3. The standard InChI is InChI=1S/C19H31N3O5/c23-13-17-16(21-19(25)20-14-4-2-1-3-5-14)7-6-15(27-17)12-18(24)22-8-10-26-11-9-22/h6-7,14-17,23H,1-5,8-13H2,(H2,20,21,25)/t15-,16+,17-/m1/s1. The minimum Gasteiger partial charge on any atom is -0.394 e. The number of nitrogens with zero attached hydrogens (tertiary/aromatic N) is 1. The molecule has 2 fully saturated rings. The van der Waals surface area contributed by atoms with E-state index >= 15 is 0 Å². The van der Waals surface area contributed by atoms with Gasteiger partial charge in [-0.3, -0.25) is 4.79 Å². The summed E-state index contributed by atoms with van der Waals surface area (Å²) >= 11 is 0. The minimum atomic E-state index is -0.561. The molecule has 0 radical (unpaired) electrons. The molecule has 1 saturated carbocycles. The first kappa shape index (κ1) is 20.1. The highest BCUT2D eigenvalue weighted by atomic mass is 16.5. The van der Waals surface area contributed by atoms with Crippen molar-refractivity contribution in [2.45, 2.75) is 62.8 Å². The van der Waals surface area contributed by atoms with Crippen LogP contribution in [0.1, 0.15) is 38.5 Å². The minimum absolute atomic E-state index is 0.0195. The van der Waals surface area contributed by atoms with Gasteiger partial charge in [0.25, 0.3) is 0 Å². The van der Waals surface area contributed by atoms with Gasteiger partial charge in [0.2, 0.25) is 5.91 Å². The van der Waals surface area contributed by atoms with E-state index in [4.69, 9.17) is 9.47 Å². The van der Waals surface area contributed by atoms with Crippen LogP contribution in [0.3, 0.4) is 0 Å². The number of carbonyl (C=O) groups is 2. The number of hydrogen-bond donors (Lipinski definition) is 3. The second kappa shape index (κ2) is 10.1. The van der Waals surface area contributed by atoms with Gasteiger partial charge in [0, 0.05) is 19.1 Å². The molecule has 3 amide bonds. The van der Waals surface area contributed by atoms with Gasteiger partial charge in [0.1, 0.15) is 6.10 Å². The van der Waals surface area contributed by atoms with Crippen LogP contribution in [-0.4, -0.2) is 79.1 Å². The molecule has 3 rings (SSSR count). The maximum atomic E-state index is 12.4. The van der Waals surface area contributed by atoms with E-state index in [0.717, 1.165) is 25.7 Å². The largest absolute Gasteiger partial charge is 0.394 e. The number of morpholine rings is 1. The van der Waals surface area contributed by atoms with Crippen molar-refractivity contribution in [1.82, 2.24) is 15.5 Å². The molecule has 3 aliphatic rings. The molecular weight excluding hydrogens is 350 g/mol. The van der Waals surface area contributed by atoms with Crippen molar-refractivity contribution < 1.29 is 24.2 Å². The maximum Gasteiger partial charge on any atom is 0.315 e. The molecular formula is C19H31N3O5. The van der Waals surface area contributed by atoms with E-state index in [2.05, 4.69) is 10.6 Å². The molecule has 0 aromatic rings. The van der Waals surface area contributed by atoms with Crippen LogP contribution in [0.2, 0.25) is 0 Å². The van der Waals surface area contributed by atoms with E-state index in [1.165, 1.54) is 6.42 Å². The average Bonchev–Trinajstić information content (AvgIpc) is 2.70. The quantitative estimate of drug-likeness (QED) is 0.604. The average molecular weight is 381 g/mol. The molecule has 3 N–H and O–H groups in total. The van der Waals surface area contributed by atoms with Crippen LogP contribution < -0.4 is 10.6 Å². The van der Waals surface area contributed by atoms with Gasteiger partial charge in [-0.25, -0.2) is 4.79 Å². The van der Waals surface area contributed by atoms with Crippen LogP contribution in [-0.2, 0) is 14.3 Å². The second-order valence-electron chi connectivity index (χ2n) is 7.46. The molecule has 0 bridgehead atoms. The van der Waals surface area contributed by atoms with Gasteiger partial charge in [-0.15, -0.1) is 0 Å². The van der Waals surface area contributed by atoms with E-state index in [1.807, 2.05) is 6.08 Å². The summed E-state index contributed by atoms with van der Waals surface area (Å²) in [6.45, 7) is 2.11. The highest BCUT2D eigenvalue weighted by Gasteiger charge is 2.30. The molecule has 8 nitrogen and oxygen atoms in total. The molecule has 0 spiro atoms. The summed E-state index contributed by atoms with van der Waals surface area (Å²) in [7, 11) is 0. The lowest BCUT2D eigenvalue weighted by Gasteiger charge is -2.34. The van der Waals surface area contributed by atoms with Crippen molar-refractivity contribution >= 4 is 11.9 Å². The highest BCUT2D eigenvalue weighted by Crippen LogP contribution is 2.19. The lowest BCUT2D eigenvalue weighted by Crippen LogP contribution is -2.53. The van der Waals surface area contributed by atoms with Crippen LogP contribution in [0.5, 0.6) is 0 Å². The topological polar surface area (TPSA) is 100 Å². The lowest BCUT2D eigenvalue weighted by molar-refractivity contribution is -0.139. The van der Waals surface area contributed by atoms with Crippen molar-refractivity contribution in [2.75, 3.05) is 32.9 Å². The number of urea groups is 1. The molecule has 2 heterocycles. The summed E-state index contributed by atoms with van der Waals surface area (Å²) < 4.78 is 11.1. The summed E-state index contributed by atoms with van der Waals surface area (Å²) in [4.78, 5) is 26.4. The predicted octanol–water partition coefficient (Wildman–Crippen LogP) is 0.552. The van der Waals surface area contributed by atoms with E-state index < -0.39 is 18.2 Å². The zero-order valence-corrected chi connectivity index (χ0v) is 15.8. The number of rotatable bonds is 5. The summed E-state index contributed by atoms with van der Waals surface area (Å²) in [6, 6.07) is -0.423. The first-order valence-corrected chi connectivity index (χ1v) is 10.0. The van der Waals surface area contributed by atoms with Crippen molar-refractivity contribution in [2.24, 2.45) is 0 Å². The van der Waals surface area contributed by atoms with E-state index in [0.29, 0.717) is 26.3 Å². The van der Waals surface area contributed by atoms with Gasteiger partial charge >= 0.3 is 6.03 Å². The van der Waals surface area contributed by atoms with Gasteiger partial charge < -0.3 is 30.1 Å². The Morgan fingerprint density at radius 3 is 2.52 bits per heavy atom. The third kappa shape index (κ3) is 5.92. The fourth-order valence-electron chi connectivity index (χ4n) is 3.88. The molecule has 2 aliphatic heterocycles. The number of nitrogens with one attached hydrogen (secondary N) is 2. The number of ether oxygens (including phenoxy) is 2. The molecule has 1 aliphatic carbocycles. The Morgan fingerprint density at radius 1 is 1.07 bits per heavy atom. The molecule has 1 saturated heterocycles. The lowest BCUT2D eigenvalue weighted by atomic mass is 9.96. The van der Waals surface area contributed by atoms with E-state index in [1.54, 1.807) is 11.0 Å². The highest BCUT2D eigenvalue weighted by molar-refractivity contribution is 5.77. The molecule has 0 unspecified atom stereocenters. The van der Waals surface area contributed by atoms with Gasteiger partial charge in [0.15, 0.2) is 0 Å². The second-order valence-corrected chi connectivity index (χ2v) is 7.46. The Labute approximate surface area is 160 Å². The van der Waals surface area contributed by atoms with Crippen LogP contribution in [0.4, 0.5) is 4.79 Å². The van der Waals surface area contributed by atoms with Crippen LogP contribution in [0.25, 0.3) is 0 Å². The van der Waals surface area contributed by atoms with E-state index in [-0.39, 0.29) is 31.0 Å². The zero-order chi connectivity index (χ0) is 19.1. The van der Waals surface area contributed by atoms with Gasteiger partial charge in [-0.2, -0.15) is 0 Å². The summed E-state index contributed by atoms with van der Waals surface area (Å²) in [5, 5.41) is 15.5. The van der Waals surface area contributed by atoms with Crippen molar-refractivity contribution in [3.63, 3.8) is 0 Å². The first-order valence-electron chi connectivity index (χ1n) is 10.0. The smallest absolute Gasteiger partial charge is 0.315 e. The van der Waals surface area contributed by atoms with Crippen molar-refractivity contribution in [3.8, 4) is 0 Å². The van der Waals surface area contributed by atoms with Crippen molar-refractivity contribution in [3.05, 3.63) is 12.2 Å². The molecule has 8 heteroatoms. The molecule has 3 atom stereocenters. The summed E-state index contributed by atoms with van der Waals surface area (Å²) in [5.41, 5.74) is 0. The third-order valence-corrected chi connectivity index (χ3v) is 5.44. The first-order chi connectivity index (χ1) is 13.2. The molecule has 152 valence electrons. The van der Waals surface area contributed by atoms with E-state index in [9.17, 15) is 14.7 Å². The Kier molecular flexibility index (Phi) is 7.49. The maximum absolute atomic E-state index is 12.4. The van der Waals surface area contributed by atoms with Crippen molar-refractivity contribution in [1.29, 1.82) is 0 Å². The Balaban J connectivity index is 1.48. The monoisotopic (exact) mass is 381 g/mol. The number of aliphatic hydroxyl groups excluding tert-OH is 1. The van der Waals surface area contributed by atoms with Crippen LogP contribution in [0, 0.1) is 0 Å². The SMILES string of the molecule is O=C(NC1CCCCC1)N[C@H]1C=C[C@H](CC(=O)N2CCOCC2)O[C@@H]1CO.